The topological polar surface area (TPSA) is 89.6 Å². The van der Waals surface area contributed by atoms with Crippen LogP contribution < -0.4 is 15.0 Å². The molecule has 0 bridgehead atoms. The Labute approximate surface area is 167 Å². The van der Waals surface area contributed by atoms with Gasteiger partial charge in [0.25, 0.3) is 0 Å². The molecule has 6 nitrogen and oxygen atoms in total. The molecule has 6 heteroatoms. The zero-order chi connectivity index (χ0) is 20.1. The molecule has 1 unspecified atom stereocenters. The Hall–Kier alpha value is -3.51. The number of ether oxygens (including phenoxy) is 1. The molecule has 144 valence electrons. The Balaban J connectivity index is 1.74. The van der Waals surface area contributed by atoms with Gasteiger partial charge in [0.15, 0.2) is 11.5 Å². The lowest BCUT2D eigenvalue weighted by molar-refractivity contribution is -0.363. The lowest BCUT2D eigenvalue weighted by Crippen LogP contribution is -2.73. The second-order valence-corrected chi connectivity index (χ2v) is 7.26. The van der Waals surface area contributed by atoms with Crippen LogP contribution in [0.25, 0.3) is 0 Å². The number of carbonyl (C=O) groups excluding carboxylic acids is 2. The molecule has 1 aliphatic heterocycles. The van der Waals surface area contributed by atoms with Crippen LogP contribution in [0.4, 0.5) is 5.69 Å². The summed E-state index contributed by atoms with van der Waals surface area (Å²) in [6.45, 7) is 2.14. The number of rotatable bonds is 3. The van der Waals surface area contributed by atoms with Crippen LogP contribution in [0, 0.1) is 6.92 Å². The van der Waals surface area contributed by atoms with Gasteiger partial charge in [0.2, 0.25) is 23.3 Å². The number of aliphatic hydroxyl groups excluding tert-OH is 1. The van der Waals surface area contributed by atoms with E-state index in [1.807, 2.05) is 25.1 Å². The van der Waals surface area contributed by atoms with Crippen molar-refractivity contribution in [3.63, 3.8) is 0 Å². The summed E-state index contributed by atoms with van der Waals surface area (Å²) in [7, 11) is 0. The number of aliphatic hydroxyl groups is 1. The van der Waals surface area contributed by atoms with Crippen molar-refractivity contribution in [2.45, 2.75) is 13.0 Å². The molecule has 29 heavy (non-hydrogen) atoms. The van der Waals surface area contributed by atoms with Gasteiger partial charge in [-0.3, -0.25) is 9.59 Å². The summed E-state index contributed by atoms with van der Waals surface area (Å²) in [5.74, 6) is 0.259. The van der Waals surface area contributed by atoms with E-state index in [0.717, 1.165) is 11.3 Å². The number of hydrogen-bond donors (Lipinski definition) is 3. The van der Waals surface area contributed by atoms with Crippen molar-refractivity contribution in [2.75, 3.05) is 13.2 Å². The summed E-state index contributed by atoms with van der Waals surface area (Å²) in [5, 5.41) is 12.3. The van der Waals surface area contributed by atoms with Gasteiger partial charge in [-0.05, 0) is 24.6 Å². The molecule has 2 aromatic carbocycles. The van der Waals surface area contributed by atoms with E-state index in [2.05, 4.69) is 10.3 Å². The average Bonchev–Trinajstić information content (AvgIpc) is 2.73. The van der Waals surface area contributed by atoms with Crippen LogP contribution in [0.15, 0.2) is 65.4 Å². The number of carbonyl (C=O) groups is 2. The number of Topliss-reactive ketones (excluding diaryl/α,β-unsaturated/α-hetero) is 2. The lowest BCUT2D eigenvalue weighted by atomic mass is 9.76. The number of benzene rings is 2. The van der Waals surface area contributed by atoms with Crippen LogP contribution >= 0.6 is 0 Å². The number of fused-ring (bicyclic) bond motifs is 4. The summed E-state index contributed by atoms with van der Waals surface area (Å²) >= 11 is 0. The molecule has 2 aliphatic carbocycles. The lowest BCUT2D eigenvalue weighted by Gasteiger charge is -2.30. The zero-order valence-electron chi connectivity index (χ0n) is 15.8. The first-order valence-electron chi connectivity index (χ1n) is 9.49. The quantitative estimate of drug-likeness (QED) is 0.724. The van der Waals surface area contributed by atoms with E-state index in [9.17, 15) is 14.7 Å². The van der Waals surface area contributed by atoms with Crippen molar-refractivity contribution in [1.82, 2.24) is 5.32 Å². The highest BCUT2D eigenvalue weighted by molar-refractivity contribution is 6.39. The first-order chi connectivity index (χ1) is 14.1. The van der Waals surface area contributed by atoms with Crippen molar-refractivity contribution >= 4 is 23.0 Å². The first-order valence-corrected chi connectivity index (χ1v) is 9.49. The summed E-state index contributed by atoms with van der Waals surface area (Å²) in [4.78, 5) is 30.1. The highest BCUT2D eigenvalue weighted by Crippen LogP contribution is 2.36. The van der Waals surface area contributed by atoms with Gasteiger partial charge in [0, 0.05) is 29.4 Å². The maximum Gasteiger partial charge on any atom is 0.246 e. The predicted molar refractivity (Wildman–Crippen MR) is 107 cm³/mol. The van der Waals surface area contributed by atoms with Crippen LogP contribution in [0.2, 0.25) is 0 Å². The zero-order valence-corrected chi connectivity index (χ0v) is 15.8. The fraction of sp³-hybridized carbons (Fsp3) is 0.174. The molecule has 5 rings (SSSR count). The van der Waals surface area contributed by atoms with Gasteiger partial charge in [-0.2, -0.15) is 0 Å². The van der Waals surface area contributed by atoms with Gasteiger partial charge < -0.3 is 15.2 Å². The van der Waals surface area contributed by atoms with Gasteiger partial charge in [0.05, 0.1) is 12.2 Å². The Kier molecular flexibility index (Phi) is 3.96. The first kappa shape index (κ1) is 17.6. The summed E-state index contributed by atoms with van der Waals surface area (Å²) in [6, 6.07) is 12.6. The maximum absolute atomic E-state index is 13.4. The Morgan fingerprint density at radius 3 is 2.52 bits per heavy atom. The molecule has 0 fully saturated rings. The SMILES string of the molecule is Cc1ccc2c(c1)[NH+]=C1C3=C(C(=O)c4ccccc4C3=O)C(NCCO)=CC1O2. The molecule has 0 spiro atoms. The van der Waals surface area contributed by atoms with Crippen molar-refractivity contribution in [3.05, 3.63) is 82.1 Å². The fourth-order valence-corrected chi connectivity index (χ4v) is 4.04. The number of aryl methyl sites for hydroxylation is 1. The largest absolute Gasteiger partial charge is 0.468 e. The molecular weight excluding hydrogens is 368 g/mol. The number of hydrogen-bond acceptors (Lipinski definition) is 5. The Bertz CT molecular complexity index is 1170. The molecule has 1 atom stereocenters. The number of nitrogens with one attached hydrogen (secondary N) is 2. The fourth-order valence-electron chi connectivity index (χ4n) is 4.04. The van der Waals surface area contributed by atoms with E-state index in [1.54, 1.807) is 30.3 Å². The predicted octanol–water partition coefficient (Wildman–Crippen LogP) is 0.764. The molecular formula is C23H19N2O4+. The van der Waals surface area contributed by atoms with Gasteiger partial charge in [-0.15, -0.1) is 0 Å². The van der Waals surface area contributed by atoms with Gasteiger partial charge in [-0.25, -0.2) is 4.99 Å². The standard InChI is InChI=1S/C23H18N2O4/c1-12-6-7-17-15(10-12)25-21-18(29-17)11-16(24-8-9-26)19-20(21)23(28)14-5-3-2-4-13(14)22(19)27/h2-7,10-11,18,24,26H,8-9H2,1H3/p+1. The highest BCUT2D eigenvalue weighted by atomic mass is 16.5. The third-order valence-electron chi connectivity index (χ3n) is 5.35. The molecule has 3 N–H and O–H groups in total. The highest BCUT2D eigenvalue weighted by Gasteiger charge is 2.46. The van der Waals surface area contributed by atoms with E-state index in [1.165, 1.54) is 0 Å². The van der Waals surface area contributed by atoms with E-state index in [0.29, 0.717) is 39.4 Å². The van der Waals surface area contributed by atoms with E-state index >= 15 is 0 Å². The number of allylic oxidation sites excluding steroid dienone is 1. The maximum atomic E-state index is 13.4. The minimum absolute atomic E-state index is 0.0961. The van der Waals surface area contributed by atoms with Crippen molar-refractivity contribution in [1.29, 1.82) is 0 Å². The van der Waals surface area contributed by atoms with Crippen molar-refractivity contribution in [3.8, 4) is 5.75 Å². The smallest absolute Gasteiger partial charge is 0.246 e. The molecule has 0 saturated carbocycles. The van der Waals surface area contributed by atoms with Gasteiger partial charge in [0.1, 0.15) is 5.57 Å². The van der Waals surface area contributed by atoms with Crippen molar-refractivity contribution in [2.24, 2.45) is 0 Å². The summed E-state index contributed by atoms with van der Waals surface area (Å²) in [6.07, 6.45) is 1.26. The minimum atomic E-state index is -0.535. The average molecular weight is 387 g/mol. The van der Waals surface area contributed by atoms with Gasteiger partial charge in [-0.1, -0.05) is 30.3 Å². The van der Waals surface area contributed by atoms with Crippen LogP contribution in [0.1, 0.15) is 26.3 Å². The second kappa shape index (κ2) is 6.53. The van der Waals surface area contributed by atoms with Gasteiger partial charge >= 0.3 is 0 Å². The van der Waals surface area contributed by atoms with Crippen LogP contribution in [0.5, 0.6) is 5.75 Å². The molecule has 0 radical (unpaired) electrons. The molecule has 1 heterocycles. The molecule has 0 aromatic heterocycles. The third kappa shape index (κ3) is 2.64. The number of ketones is 2. The molecule has 2 aromatic rings. The van der Waals surface area contributed by atoms with Crippen LogP contribution in [-0.4, -0.2) is 41.6 Å². The minimum Gasteiger partial charge on any atom is -0.468 e. The Morgan fingerprint density at radius 1 is 1.07 bits per heavy atom. The summed E-state index contributed by atoms with van der Waals surface area (Å²) in [5.41, 5.74) is 4.33. The van der Waals surface area contributed by atoms with E-state index in [4.69, 9.17) is 4.74 Å². The normalized spacial score (nSPS) is 19.3. The molecule has 3 aliphatic rings. The monoisotopic (exact) mass is 387 g/mol. The third-order valence-corrected chi connectivity index (χ3v) is 5.35. The van der Waals surface area contributed by atoms with E-state index in [-0.39, 0.29) is 24.7 Å². The second-order valence-electron chi connectivity index (χ2n) is 7.26. The van der Waals surface area contributed by atoms with E-state index < -0.39 is 6.10 Å². The van der Waals surface area contributed by atoms with Crippen molar-refractivity contribution < 1.29 is 24.4 Å². The molecule has 0 saturated heterocycles. The Morgan fingerprint density at radius 2 is 1.79 bits per heavy atom. The molecule has 0 amide bonds. The van der Waals surface area contributed by atoms with Crippen LogP contribution in [0.3, 0.4) is 0 Å². The van der Waals surface area contributed by atoms with Crippen LogP contribution in [-0.2, 0) is 0 Å². The summed E-state index contributed by atoms with van der Waals surface area (Å²) < 4.78 is 6.15.